The molecule has 0 aromatic heterocycles. The van der Waals surface area contributed by atoms with Crippen LogP contribution in [-0.4, -0.2) is 41.3 Å². The molecule has 1 fully saturated rings. The zero-order valence-electron chi connectivity index (χ0n) is 20.4. The molecule has 0 heterocycles. The lowest BCUT2D eigenvalue weighted by Gasteiger charge is -2.33. The van der Waals surface area contributed by atoms with Crippen molar-refractivity contribution < 1.29 is 24.2 Å². The van der Waals surface area contributed by atoms with Crippen LogP contribution in [0.4, 0.5) is 4.79 Å². The van der Waals surface area contributed by atoms with Crippen molar-refractivity contribution in [3.05, 3.63) is 59.7 Å². The van der Waals surface area contributed by atoms with Crippen molar-refractivity contribution in [2.24, 2.45) is 5.92 Å². The molecule has 2 aromatic rings. The lowest BCUT2D eigenvalue weighted by atomic mass is 9.83. The molecule has 3 N–H and O–H groups in total. The lowest BCUT2D eigenvalue weighted by Crippen LogP contribution is -2.56. The monoisotopic (exact) mass is 478 g/mol. The molecule has 0 saturated heterocycles. The molecule has 186 valence electrons. The summed E-state index contributed by atoms with van der Waals surface area (Å²) in [4.78, 5) is 37.3. The number of carbonyl (C=O) groups excluding carboxylic acids is 2. The predicted molar refractivity (Wildman–Crippen MR) is 133 cm³/mol. The molecule has 35 heavy (non-hydrogen) atoms. The van der Waals surface area contributed by atoms with Gasteiger partial charge in [0.25, 0.3) is 0 Å². The summed E-state index contributed by atoms with van der Waals surface area (Å²) < 4.78 is 5.66. The third kappa shape index (κ3) is 5.04. The number of nitrogens with one attached hydrogen (secondary N) is 2. The molecule has 0 bridgehead atoms. The summed E-state index contributed by atoms with van der Waals surface area (Å²) in [5.41, 5.74) is 3.42. The SMILES string of the molecule is CCC(CC)(NC(=O)[C@@H]1CCC[C@@H](NC(=O)OCC2c3ccccc3-c3ccccc32)C1)C(=O)O. The van der Waals surface area contributed by atoms with Crippen LogP contribution in [0.2, 0.25) is 0 Å². The van der Waals surface area contributed by atoms with Crippen LogP contribution in [0.1, 0.15) is 69.4 Å². The minimum atomic E-state index is -1.25. The molecule has 0 radical (unpaired) electrons. The van der Waals surface area contributed by atoms with E-state index in [1.165, 1.54) is 11.1 Å². The van der Waals surface area contributed by atoms with E-state index < -0.39 is 17.6 Å². The summed E-state index contributed by atoms with van der Waals surface area (Å²) in [5.74, 6) is -1.61. The molecule has 1 saturated carbocycles. The average molecular weight is 479 g/mol. The number of ether oxygens (including phenoxy) is 1. The molecule has 2 amide bonds. The predicted octanol–water partition coefficient (Wildman–Crippen LogP) is 4.84. The fourth-order valence-electron chi connectivity index (χ4n) is 5.49. The highest BCUT2D eigenvalue weighted by atomic mass is 16.5. The quantitative estimate of drug-likeness (QED) is 0.503. The first-order valence-electron chi connectivity index (χ1n) is 12.6. The molecule has 4 rings (SSSR count). The Labute approximate surface area is 206 Å². The van der Waals surface area contributed by atoms with E-state index in [2.05, 4.69) is 34.9 Å². The number of rotatable bonds is 8. The standard InChI is InChI=1S/C28H34N2O5/c1-3-28(4-2,26(32)33)30-25(31)18-10-9-11-19(16-18)29-27(34)35-17-24-22-14-7-5-12-20(22)21-13-6-8-15-23(21)24/h5-8,12-15,18-19,24H,3-4,9-11,16-17H2,1-2H3,(H,29,34)(H,30,31)(H,32,33)/t18-,19-/m1/s1. The average Bonchev–Trinajstić information content (AvgIpc) is 3.19. The highest BCUT2D eigenvalue weighted by Crippen LogP contribution is 2.44. The normalized spacial score (nSPS) is 19.4. The number of fused-ring (bicyclic) bond motifs is 3. The van der Waals surface area contributed by atoms with E-state index >= 15 is 0 Å². The first kappa shape index (κ1) is 24.8. The summed E-state index contributed by atoms with van der Waals surface area (Å²) in [7, 11) is 0. The van der Waals surface area contributed by atoms with Crippen molar-refractivity contribution in [3.8, 4) is 11.1 Å². The van der Waals surface area contributed by atoms with Gasteiger partial charge in [-0.1, -0.05) is 68.8 Å². The molecule has 0 spiro atoms. The van der Waals surface area contributed by atoms with Gasteiger partial charge >= 0.3 is 12.1 Å². The van der Waals surface area contributed by atoms with Gasteiger partial charge in [-0.25, -0.2) is 9.59 Å². The molecule has 0 aliphatic heterocycles. The van der Waals surface area contributed by atoms with Crippen LogP contribution in [0.5, 0.6) is 0 Å². The molecule has 7 heteroatoms. The molecule has 0 unspecified atom stereocenters. The van der Waals surface area contributed by atoms with Gasteiger partial charge in [-0.15, -0.1) is 0 Å². The van der Waals surface area contributed by atoms with Crippen molar-refractivity contribution >= 4 is 18.0 Å². The maximum Gasteiger partial charge on any atom is 0.407 e. The van der Waals surface area contributed by atoms with Gasteiger partial charge in [0.15, 0.2) is 0 Å². The molecule has 7 nitrogen and oxygen atoms in total. The van der Waals surface area contributed by atoms with Crippen LogP contribution >= 0.6 is 0 Å². The number of alkyl carbamates (subject to hydrolysis) is 1. The molecule has 2 aromatic carbocycles. The van der Waals surface area contributed by atoms with Crippen molar-refractivity contribution in [2.45, 2.75) is 69.9 Å². The number of carboxylic acids is 1. The van der Waals surface area contributed by atoms with Crippen LogP contribution in [0, 0.1) is 5.92 Å². The van der Waals surface area contributed by atoms with E-state index in [0.717, 1.165) is 24.0 Å². The van der Waals surface area contributed by atoms with Crippen LogP contribution in [0.3, 0.4) is 0 Å². The third-order valence-electron chi connectivity index (χ3n) is 7.69. The number of hydrogen-bond donors (Lipinski definition) is 3. The summed E-state index contributed by atoms with van der Waals surface area (Å²) in [6.07, 6.45) is 2.85. The second-order valence-corrected chi connectivity index (χ2v) is 9.61. The lowest BCUT2D eigenvalue weighted by molar-refractivity contribution is -0.149. The first-order valence-corrected chi connectivity index (χ1v) is 12.6. The number of benzene rings is 2. The number of hydrogen-bond acceptors (Lipinski definition) is 4. The maximum absolute atomic E-state index is 12.9. The van der Waals surface area contributed by atoms with E-state index in [4.69, 9.17) is 4.74 Å². The van der Waals surface area contributed by atoms with Crippen molar-refractivity contribution in [3.63, 3.8) is 0 Å². The minimum absolute atomic E-state index is 0.00902. The summed E-state index contributed by atoms with van der Waals surface area (Å²) >= 11 is 0. The smallest absolute Gasteiger partial charge is 0.407 e. The molecular weight excluding hydrogens is 444 g/mol. The van der Waals surface area contributed by atoms with E-state index in [9.17, 15) is 19.5 Å². The molecular formula is C28H34N2O5. The van der Waals surface area contributed by atoms with Gasteiger partial charge in [0.1, 0.15) is 12.1 Å². The minimum Gasteiger partial charge on any atom is -0.480 e. The Morgan fingerprint density at radius 3 is 2.14 bits per heavy atom. The van der Waals surface area contributed by atoms with E-state index in [1.54, 1.807) is 13.8 Å². The fraction of sp³-hybridized carbons (Fsp3) is 0.464. The molecule has 2 atom stereocenters. The Balaban J connectivity index is 1.34. The Hall–Kier alpha value is -3.35. The summed E-state index contributed by atoms with van der Waals surface area (Å²) in [6.45, 7) is 3.77. The van der Waals surface area contributed by atoms with E-state index in [0.29, 0.717) is 25.7 Å². The van der Waals surface area contributed by atoms with Crippen molar-refractivity contribution in [2.75, 3.05) is 6.61 Å². The summed E-state index contributed by atoms with van der Waals surface area (Å²) in [6, 6.07) is 16.2. The van der Waals surface area contributed by atoms with Crippen LogP contribution < -0.4 is 10.6 Å². The Bertz CT molecular complexity index is 1050. The maximum atomic E-state index is 12.9. The number of aliphatic carboxylic acids is 1. The highest BCUT2D eigenvalue weighted by Gasteiger charge is 2.39. The van der Waals surface area contributed by atoms with Gasteiger partial charge in [-0.2, -0.15) is 0 Å². The Kier molecular flexibility index (Phi) is 7.43. The van der Waals surface area contributed by atoms with Gasteiger partial charge in [-0.05, 0) is 54.4 Å². The summed E-state index contributed by atoms with van der Waals surface area (Å²) in [5, 5.41) is 15.3. The zero-order valence-corrected chi connectivity index (χ0v) is 20.4. The van der Waals surface area contributed by atoms with Gasteiger partial charge in [0.05, 0.1) is 0 Å². The Morgan fingerprint density at radius 1 is 0.971 bits per heavy atom. The molecule has 2 aliphatic carbocycles. The van der Waals surface area contributed by atoms with Gasteiger partial charge in [0.2, 0.25) is 5.91 Å². The number of carbonyl (C=O) groups is 3. The van der Waals surface area contributed by atoms with Crippen molar-refractivity contribution in [1.29, 1.82) is 0 Å². The zero-order chi connectivity index (χ0) is 25.0. The first-order chi connectivity index (χ1) is 16.9. The topological polar surface area (TPSA) is 105 Å². The highest BCUT2D eigenvalue weighted by molar-refractivity contribution is 5.88. The van der Waals surface area contributed by atoms with E-state index in [-0.39, 0.29) is 30.4 Å². The van der Waals surface area contributed by atoms with E-state index in [1.807, 2.05) is 24.3 Å². The third-order valence-corrected chi connectivity index (χ3v) is 7.69. The second kappa shape index (κ2) is 10.5. The number of amides is 2. The largest absolute Gasteiger partial charge is 0.480 e. The fourth-order valence-corrected chi connectivity index (χ4v) is 5.49. The van der Waals surface area contributed by atoms with Crippen LogP contribution in [0.25, 0.3) is 11.1 Å². The number of carboxylic acid groups (broad SMARTS) is 1. The van der Waals surface area contributed by atoms with Crippen LogP contribution in [0.15, 0.2) is 48.5 Å². The van der Waals surface area contributed by atoms with Gasteiger partial charge in [-0.3, -0.25) is 4.79 Å². The Morgan fingerprint density at radius 2 is 1.57 bits per heavy atom. The van der Waals surface area contributed by atoms with Crippen LogP contribution in [-0.2, 0) is 14.3 Å². The molecule has 2 aliphatic rings. The van der Waals surface area contributed by atoms with Gasteiger partial charge in [0, 0.05) is 17.9 Å². The second-order valence-electron chi connectivity index (χ2n) is 9.61. The van der Waals surface area contributed by atoms with Gasteiger partial charge < -0.3 is 20.5 Å². The van der Waals surface area contributed by atoms with Crippen molar-refractivity contribution in [1.82, 2.24) is 10.6 Å².